The summed E-state index contributed by atoms with van der Waals surface area (Å²) in [5, 5.41) is 16.9. The van der Waals surface area contributed by atoms with Gasteiger partial charge >= 0.3 is 5.82 Å². The summed E-state index contributed by atoms with van der Waals surface area (Å²) >= 11 is 0. The standard InChI is InChI=1S/C11H19N5O3/c1-8(2)5-9(6-12)13-11(17)7-15-4-3-10(14-15)16(18)19/h3-4,8-9H,5-7,12H2,1-2H3,(H,13,17). The van der Waals surface area contributed by atoms with Gasteiger partial charge in [-0.15, -0.1) is 0 Å². The van der Waals surface area contributed by atoms with Gasteiger partial charge in [0.2, 0.25) is 5.91 Å². The number of carbonyl (C=O) groups excluding carboxylic acids is 1. The van der Waals surface area contributed by atoms with Gasteiger partial charge in [0.15, 0.2) is 0 Å². The van der Waals surface area contributed by atoms with Crippen LogP contribution < -0.4 is 11.1 Å². The van der Waals surface area contributed by atoms with Crippen molar-refractivity contribution in [3.8, 4) is 0 Å². The van der Waals surface area contributed by atoms with Gasteiger partial charge in [0.05, 0.1) is 17.4 Å². The van der Waals surface area contributed by atoms with Crippen LogP contribution in [-0.4, -0.2) is 33.2 Å². The van der Waals surface area contributed by atoms with Crippen molar-refractivity contribution < 1.29 is 9.72 Å². The van der Waals surface area contributed by atoms with E-state index in [2.05, 4.69) is 10.4 Å². The minimum Gasteiger partial charge on any atom is -0.358 e. The van der Waals surface area contributed by atoms with Gasteiger partial charge < -0.3 is 21.2 Å². The highest BCUT2D eigenvalue weighted by Crippen LogP contribution is 2.06. The first-order valence-electron chi connectivity index (χ1n) is 6.09. The molecule has 0 saturated carbocycles. The molecule has 0 aliphatic carbocycles. The molecule has 1 amide bonds. The van der Waals surface area contributed by atoms with Gasteiger partial charge in [-0.05, 0) is 17.3 Å². The number of nitrogens with zero attached hydrogens (tertiary/aromatic N) is 3. The Hall–Kier alpha value is -1.96. The van der Waals surface area contributed by atoms with Crippen LogP contribution in [0.1, 0.15) is 20.3 Å². The molecule has 8 nitrogen and oxygen atoms in total. The molecule has 106 valence electrons. The van der Waals surface area contributed by atoms with Crippen LogP contribution in [0.15, 0.2) is 12.3 Å². The first-order valence-corrected chi connectivity index (χ1v) is 6.09. The zero-order chi connectivity index (χ0) is 14.4. The second kappa shape index (κ2) is 6.83. The predicted molar refractivity (Wildman–Crippen MR) is 69.3 cm³/mol. The van der Waals surface area contributed by atoms with E-state index in [9.17, 15) is 14.9 Å². The van der Waals surface area contributed by atoms with Crippen LogP contribution in [0, 0.1) is 16.0 Å². The van der Waals surface area contributed by atoms with Gasteiger partial charge in [-0.2, -0.15) is 4.68 Å². The van der Waals surface area contributed by atoms with Crippen molar-refractivity contribution in [2.24, 2.45) is 11.7 Å². The third-order valence-electron chi connectivity index (χ3n) is 2.52. The molecule has 0 aromatic carbocycles. The van der Waals surface area contributed by atoms with Gasteiger partial charge in [-0.1, -0.05) is 13.8 Å². The molecule has 8 heteroatoms. The molecule has 1 aromatic heterocycles. The van der Waals surface area contributed by atoms with Crippen LogP contribution in [0.4, 0.5) is 5.82 Å². The Morgan fingerprint density at radius 1 is 1.63 bits per heavy atom. The molecule has 0 aliphatic rings. The van der Waals surface area contributed by atoms with Crippen LogP contribution in [0.25, 0.3) is 0 Å². The molecule has 0 bridgehead atoms. The lowest BCUT2D eigenvalue weighted by molar-refractivity contribution is -0.389. The third kappa shape index (κ3) is 5.04. The van der Waals surface area contributed by atoms with Crippen molar-refractivity contribution in [3.63, 3.8) is 0 Å². The third-order valence-corrected chi connectivity index (χ3v) is 2.52. The van der Waals surface area contributed by atoms with Crippen LogP contribution in [-0.2, 0) is 11.3 Å². The summed E-state index contributed by atoms with van der Waals surface area (Å²) in [7, 11) is 0. The molecule has 3 N–H and O–H groups in total. The molecule has 0 saturated heterocycles. The van der Waals surface area contributed by atoms with E-state index in [-0.39, 0.29) is 24.3 Å². The smallest absolute Gasteiger partial charge is 0.358 e. The molecular formula is C11H19N5O3. The van der Waals surface area contributed by atoms with Crippen LogP contribution in [0.2, 0.25) is 0 Å². The Bertz CT molecular complexity index is 443. The van der Waals surface area contributed by atoms with E-state index >= 15 is 0 Å². The SMILES string of the molecule is CC(C)CC(CN)NC(=O)Cn1ccc([N+](=O)[O-])n1. The summed E-state index contributed by atoms with van der Waals surface area (Å²) in [6, 6.07) is 1.17. The largest absolute Gasteiger partial charge is 0.389 e. The lowest BCUT2D eigenvalue weighted by Gasteiger charge is -2.18. The molecule has 1 atom stereocenters. The average Bonchev–Trinajstić information content (AvgIpc) is 2.75. The molecule has 0 aliphatic heterocycles. The Labute approximate surface area is 111 Å². The number of hydrogen-bond acceptors (Lipinski definition) is 5. The fourth-order valence-corrected chi connectivity index (χ4v) is 1.74. The maximum Gasteiger partial charge on any atom is 0.389 e. The van der Waals surface area contributed by atoms with E-state index in [0.29, 0.717) is 12.5 Å². The summed E-state index contributed by atoms with van der Waals surface area (Å²) in [4.78, 5) is 21.6. The highest BCUT2D eigenvalue weighted by Gasteiger charge is 2.16. The molecule has 0 spiro atoms. The van der Waals surface area contributed by atoms with Crippen molar-refractivity contribution in [1.29, 1.82) is 0 Å². The second-order valence-corrected chi connectivity index (χ2v) is 4.76. The monoisotopic (exact) mass is 269 g/mol. The molecular weight excluding hydrogens is 250 g/mol. The summed E-state index contributed by atoms with van der Waals surface area (Å²) in [6.45, 7) is 4.41. The maximum atomic E-state index is 11.7. The van der Waals surface area contributed by atoms with Crippen LogP contribution in [0.5, 0.6) is 0 Å². The molecule has 0 radical (unpaired) electrons. The molecule has 1 unspecified atom stereocenters. The first kappa shape index (κ1) is 15.1. The topological polar surface area (TPSA) is 116 Å². The minimum absolute atomic E-state index is 0.0531. The summed E-state index contributed by atoms with van der Waals surface area (Å²) in [5.74, 6) is -0.0981. The van der Waals surface area contributed by atoms with E-state index in [1.54, 1.807) is 0 Å². The Balaban J connectivity index is 2.51. The van der Waals surface area contributed by atoms with Gasteiger partial charge in [0, 0.05) is 12.6 Å². The lowest BCUT2D eigenvalue weighted by Crippen LogP contribution is -2.42. The van der Waals surface area contributed by atoms with Crippen LogP contribution >= 0.6 is 0 Å². The fourth-order valence-electron chi connectivity index (χ4n) is 1.74. The van der Waals surface area contributed by atoms with Crippen molar-refractivity contribution in [3.05, 3.63) is 22.4 Å². The molecule has 1 aromatic rings. The summed E-state index contributed by atoms with van der Waals surface area (Å²) in [6.07, 6.45) is 2.19. The molecule has 1 rings (SSSR count). The Morgan fingerprint density at radius 3 is 2.79 bits per heavy atom. The summed E-state index contributed by atoms with van der Waals surface area (Å²) < 4.78 is 1.23. The maximum absolute atomic E-state index is 11.7. The first-order chi connectivity index (χ1) is 8.92. The van der Waals surface area contributed by atoms with E-state index in [1.165, 1.54) is 16.9 Å². The van der Waals surface area contributed by atoms with Crippen molar-refractivity contribution in [2.75, 3.05) is 6.54 Å². The lowest BCUT2D eigenvalue weighted by atomic mass is 10.0. The van der Waals surface area contributed by atoms with E-state index in [4.69, 9.17) is 5.73 Å². The van der Waals surface area contributed by atoms with E-state index < -0.39 is 4.92 Å². The number of carbonyl (C=O) groups is 1. The number of nitro groups is 1. The van der Waals surface area contributed by atoms with Gasteiger partial charge in [0.1, 0.15) is 6.54 Å². The number of amides is 1. The van der Waals surface area contributed by atoms with Gasteiger partial charge in [-0.25, -0.2) is 0 Å². The normalized spacial score (nSPS) is 12.4. The zero-order valence-corrected chi connectivity index (χ0v) is 11.1. The molecule has 1 heterocycles. The fraction of sp³-hybridized carbons (Fsp3) is 0.636. The highest BCUT2D eigenvalue weighted by molar-refractivity contribution is 5.76. The quantitative estimate of drug-likeness (QED) is 0.544. The number of nitrogens with two attached hydrogens (primary N) is 1. The number of rotatable bonds is 7. The van der Waals surface area contributed by atoms with E-state index in [0.717, 1.165) is 6.42 Å². The Morgan fingerprint density at radius 2 is 2.32 bits per heavy atom. The predicted octanol–water partition coefficient (Wildman–Crippen LogP) is 0.281. The van der Waals surface area contributed by atoms with Crippen molar-refractivity contribution in [2.45, 2.75) is 32.9 Å². The van der Waals surface area contributed by atoms with E-state index in [1.807, 2.05) is 13.8 Å². The molecule has 0 fully saturated rings. The average molecular weight is 269 g/mol. The highest BCUT2D eigenvalue weighted by atomic mass is 16.6. The van der Waals surface area contributed by atoms with Crippen molar-refractivity contribution in [1.82, 2.24) is 15.1 Å². The van der Waals surface area contributed by atoms with Gasteiger partial charge in [0.25, 0.3) is 0 Å². The second-order valence-electron chi connectivity index (χ2n) is 4.76. The van der Waals surface area contributed by atoms with Crippen LogP contribution in [0.3, 0.4) is 0 Å². The van der Waals surface area contributed by atoms with Gasteiger partial charge in [-0.3, -0.25) is 4.79 Å². The minimum atomic E-state index is -0.601. The Kier molecular flexibility index (Phi) is 5.43. The number of aromatic nitrogens is 2. The summed E-state index contributed by atoms with van der Waals surface area (Å²) in [5.41, 5.74) is 5.58. The number of hydrogen-bond donors (Lipinski definition) is 2. The molecule has 19 heavy (non-hydrogen) atoms. The number of nitrogens with one attached hydrogen (secondary N) is 1. The zero-order valence-electron chi connectivity index (χ0n) is 11.1. The van der Waals surface area contributed by atoms with Crippen molar-refractivity contribution >= 4 is 11.7 Å².